The van der Waals surface area contributed by atoms with E-state index in [2.05, 4.69) is 6.92 Å². The molecule has 0 heterocycles. The van der Waals surface area contributed by atoms with Crippen LogP contribution in [0.2, 0.25) is 0 Å². The van der Waals surface area contributed by atoms with E-state index in [-0.39, 0.29) is 5.92 Å². The molecule has 2 atom stereocenters. The number of carboxylic acid groups (broad SMARTS) is 1. The summed E-state index contributed by atoms with van der Waals surface area (Å²) in [6, 6.07) is 23.5. The van der Waals surface area contributed by atoms with Crippen molar-refractivity contribution in [2.24, 2.45) is 5.92 Å². The second kappa shape index (κ2) is 18.6. The fraction of sp³-hybridized carbons (Fsp3) is 0.412. The number of ether oxygens (including phenoxy) is 2. The lowest BCUT2D eigenvalue weighted by Gasteiger charge is -2.13. The quantitative estimate of drug-likeness (QED) is 0.116. The zero-order chi connectivity index (χ0) is 29.2. The van der Waals surface area contributed by atoms with Crippen LogP contribution in [0, 0.1) is 5.92 Å². The minimum absolute atomic E-state index is 0.295. The SMILES string of the molecule is CCC(C)C(F)C(=O)Oc1ccc(-c2ccccc2)cc1.CCCCCCCCCOc1ccc(C(=O)O)cc1. The first kappa shape index (κ1) is 32.5. The van der Waals surface area contributed by atoms with Crippen molar-refractivity contribution in [3.05, 3.63) is 84.4 Å². The van der Waals surface area contributed by atoms with E-state index in [0.717, 1.165) is 23.3 Å². The number of alkyl halides is 1. The Kier molecular flexibility index (Phi) is 15.1. The number of carbonyl (C=O) groups excluding carboxylic acids is 1. The second-order valence-corrected chi connectivity index (χ2v) is 9.90. The minimum atomic E-state index is -1.58. The third-order valence-electron chi connectivity index (χ3n) is 6.67. The van der Waals surface area contributed by atoms with E-state index in [4.69, 9.17) is 14.6 Å². The Morgan fingerprint density at radius 1 is 0.750 bits per heavy atom. The molecule has 0 amide bonds. The van der Waals surface area contributed by atoms with Crippen molar-refractivity contribution < 1.29 is 28.6 Å². The van der Waals surface area contributed by atoms with Gasteiger partial charge in [0.1, 0.15) is 11.5 Å². The molecular weight excluding hydrogens is 507 g/mol. The van der Waals surface area contributed by atoms with E-state index in [1.807, 2.05) is 49.4 Å². The van der Waals surface area contributed by atoms with E-state index >= 15 is 0 Å². The summed E-state index contributed by atoms with van der Waals surface area (Å²) >= 11 is 0. The molecule has 0 radical (unpaired) electrons. The van der Waals surface area contributed by atoms with Gasteiger partial charge in [-0.1, -0.05) is 108 Å². The summed E-state index contributed by atoms with van der Waals surface area (Å²) in [5, 5.41) is 8.77. The molecular formula is C34H43FO5. The number of benzene rings is 3. The van der Waals surface area contributed by atoms with Crippen LogP contribution in [0.1, 0.15) is 82.5 Å². The molecule has 0 aliphatic rings. The van der Waals surface area contributed by atoms with Gasteiger partial charge in [-0.25, -0.2) is 14.0 Å². The maximum absolute atomic E-state index is 13.7. The second-order valence-electron chi connectivity index (χ2n) is 9.90. The molecule has 1 N–H and O–H groups in total. The van der Waals surface area contributed by atoms with E-state index in [1.54, 1.807) is 43.3 Å². The lowest BCUT2D eigenvalue weighted by Crippen LogP contribution is -2.27. The van der Waals surface area contributed by atoms with Crippen LogP contribution in [0.15, 0.2) is 78.9 Å². The van der Waals surface area contributed by atoms with Crippen molar-refractivity contribution in [1.29, 1.82) is 0 Å². The smallest absolute Gasteiger partial charge is 0.346 e. The third kappa shape index (κ3) is 12.0. The van der Waals surface area contributed by atoms with Gasteiger partial charge in [0.25, 0.3) is 0 Å². The molecule has 0 bridgehead atoms. The number of halogens is 1. The fourth-order valence-electron chi connectivity index (χ4n) is 3.90. The van der Waals surface area contributed by atoms with E-state index < -0.39 is 18.1 Å². The molecule has 40 heavy (non-hydrogen) atoms. The summed E-state index contributed by atoms with van der Waals surface area (Å²) in [6.07, 6.45) is 7.86. The number of carboxylic acids is 1. The van der Waals surface area contributed by atoms with Gasteiger partial charge < -0.3 is 14.6 Å². The van der Waals surface area contributed by atoms with Gasteiger partial charge in [-0.3, -0.25) is 0 Å². The maximum Gasteiger partial charge on any atom is 0.346 e. The Bertz CT molecular complexity index is 1110. The number of hydrogen-bond acceptors (Lipinski definition) is 4. The number of aromatic carboxylic acids is 1. The van der Waals surface area contributed by atoms with E-state index in [1.165, 1.54) is 38.5 Å². The summed E-state index contributed by atoms with van der Waals surface area (Å²) in [6.45, 7) is 6.48. The number of rotatable bonds is 15. The summed E-state index contributed by atoms with van der Waals surface area (Å²) in [5.41, 5.74) is 2.40. The number of carbonyl (C=O) groups is 2. The molecule has 6 heteroatoms. The van der Waals surface area contributed by atoms with Gasteiger partial charge in [0.2, 0.25) is 0 Å². The standard InChI is InChI=1S/C18H19FO2.C16H24O3/c1-3-13(2)17(19)18(20)21-16-11-9-15(10-12-16)14-7-5-4-6-8-14;1-2-3-4-5-6-7-8-13-19-15-11-9-14(10-12-15)16(17)18/h4-13,17H,3H2,1-2H3;9-12H,2-8,13H2,1H3,(H,17,18). The van der Waals surface area contributed by atoms with Crippen LogP contribution < -0.4 is 9.47 Å². The normalized spacial score (nSPS) is 12.0. The number of esters is 1. The minimum Gasteiger partial charge on any atom is -0.494 e. The van der Waals surface area contributed by atoms with Crippen molar-refractivity contribution in [3.63, 3.8) is 0 Å². The molecule has 2 unspecified atom stereocenters. The topological polar surface area (TPSA) is 72.8 Å². The van der Waals surface area contributed by atoms with Gasteiger partial charge in [-0.15, -0.1) is 0 Å². The molecule has 0 saturated carbocycles. The summed E-state index contributed by atoms with van der Waals surface area (Å²) in [5.74, 6) is -0.946. The lowest BCUT2D eigenvalue weighted by molar-refractivity contribution is -0.141. The van der Waals surface area contributed by atoms with Gasteiger partial charge in [-0.2, -0.15) is 0 Å². The first-order valence-corrected chi connectivity index (χ1v) is 14.3. The van der Waals surface area contributed by atoms with Gasteiger partial charge in [0, 0.05) is 0 Å². The highest BCUT2D eigenvalue weighted by Crippen LogP contribution is 2.23. The molecule has 3 aromatic carbocycles. The average molecular weight is 551 g/mol. The average Bonchev–Trinajstić information content (AvgIpc) is 2.99. The zero-order valence-electron chi connectivity index (χ0n) is 24.0. The van der Waals surface area contributed by atoms with Crippen LogP contribution in [0.3, 0.4) is 0 Å². The Hall–Kier alpha value is -3.67. The molecule has 3 aromatic rings. The van der Waals surface area contributed by atoms with E-state index in [0.29, 0.717) is 24.3 Å². The largest absolute Gasteiger partial charge is 0.494 e. The Morgan fingerprint density at radius 3 is 1.88 bits per heavy atom. The van der Waals surface area contributed by atoms with Crippen molar-refractivity contribution in [3.8, 4) is 22.6 Å². The highest BCUT2D eigenvalue weighted by molar-refractivity contribution is 5.87. The monoisotopic (exact) mass is 550 g/mol. The third-order valence-corrected chi connectivity index (χ3v) is 6.67. The fourth-order valence-corrected chi connectivity index (χ4v) is 3.90. The van der Waals surface area contributed by atoms with Crippen LogP contribution >= 0.6 is 0 Å². The molecule has 0 saturated heterocycles. The molecule has 0 aromatic heterocycles. The van der Waals surface area contributed by atoms with Crippen LogP contribution in [0.25, 0.3) is 11.1 Å². The van der Waals surface area contributed by atoms with Crippen LogP contribution in [0.5, 0.6) is 11.5 Å². The molecule has 5 nitrogen and oxygen atoms in total. The van der Waals surface area contributed by atoms with Gasteiger partial charge >= 0.3 is 11.9 Å². The van der Waals surface area contributed by atoms with Crippen LogP contribution in [-0.2, 0) is 4.79 Å². The van der Waals surface area contributed by atoms with E-state index in [9.17, 15) is 14.0 Å². The van der Waals surface area contributed by atoms with Crippen molar-refractivity contribution in [1.82, 2.24) is 0 Å². The molecule has 0 aliphatic carbocycles. The highest BCUT2D eigenvalue weighted by Gasteiger charge is 2.25. The van der Waals surface area contributed by atoms with Crippen molar-refractivity contribution in [2.75, 3.05) is 6.61 Å². The van der Waals surface area contributed by atoms with Gasteiger partial charge in [0.05, 0.1) is 12.2 Å². The molecule has 3 rings (SSSR count). The predicted octanol–water partition coefficient (Wildman–Crippen LogP) is 9.16. The number of unbranched alkanes of at least 4 members (excludes halogenated alkanes) is 6. The van der Waals surface area contributed by atoms with Crippen LogP contribution in [-0.4, -0.2) is 29.8 Å². The Balaban J connectivity index is 0.000000282. The molecule has 0 spiro atoms. The highest BCUT2D eigenvalue weighted by atomic mass is 19.1. The van der Waals surface area contributed by atoms with Crippen molar-refractivity contribution >= 4 is 11.9 Å². The summed E-state index contributed by atoms with van der Waals surface area (Å²) < 4.78 is 24.4. The molecule has 216 valence electrons. The van der Waals surface area contributed by atoms with Gasteiger partial charge in [-0.05, 0) is 59.9 Å². The zero-order valence-corrected chi connectivity index (χ0v) is 24.0. The van der Waals surface area contributed by atoms with Gasteiger partial charge in [0.15, 0.2) is 6.17 Å². The lowest BCUT2D eigenvalue weighted by atomic mass is 10.0. The molecule has 0 aliphatic heterocycles. The van der Waals surface area contributed by atoms with Crippen LogP contribution in [0.4, 0.5) is 4.39 Å². The summed E-state index contributed by atoms with van der Waals surface area (Å²) in [7, 11) is 0. The Labute approximate surface area is 238 Å². The predicted molar refractivity (Wildman–Crippen MR) is 159 cm³/mol. The first-order valence-electron chi connectivity index (χ1n) is 14.3. The first-order chi connectivity index (χ1) is 19.3. The molecule has 0 fully saturated rings. The van der Waals surface area contributed by atoms with Crippen molar-refractivity contribution in [2.45, 2.75) is 78.3 Å². The maximum atomic E-state index is 13.7. The Morgan fingerprint density at radius 2 is 1.30 bits per heavy atom. The number of hydrogen-bond donors (Lipinski definition) is 1. The summed E-state index contributed by atoms with van der Waals surface area (Å²) in [4.78, 5) is 22.3.